The summed E-state index contributed by atoms with van der Waals surface area (Å²) in [5.41, 5.74) is 4.54. The van der Waals surface area contributed by atoms with Gasteiger partial charge in [0.15, 0.2) is 0 Å². The van der Waals surface area contributed by atoms with E-state index in [-0.39, 0.29) is 11.6 Å². The van der Waals surface area contributed by atoms with Gasteiger partial charge in [-0.05, 0) is 49.8 Å². The fraction of sp³-hybridized carbons (Fsp3) is 0.200. The summed E-state index contributed by atoms with van der Waals surface area (Å²) in [7, 11) is 0. The molecule has 1 unspecified atom stereocenters. The van der Waals surface area contributed by atoms with Crippen molar-refractivity contribution in [3.05, 3.63) is 80.4 Å². The first kappa shape index (κ1) is 16.7. The molecule has 0 aliphatic carbocycles. The lowest BCUT2D eigenvalue weighted by atomic mass is 9.98. The van der Waals surface area contributed by atoms with Crippen LogP contribution in [-0.4, -0.2) is 20.8 Å². The molecular weight excluding hydrogens is 348 g/mol. The predicted molar refractivity (Wildman–Crippen MR) is 106 cm³/mol. The van der Waals surface area contributed by atoms with E-state index < -0.39 is 0 Å². The Balaban J connectivity index is 1.75. The smallest absolute Gasteiger partial charge is 0.270 e. The number of H-pyrrole nitrogens is 1. The van der Waals surface area contributed by atoms with E-state index in [1.165, 1.54) is 4.68 Å². The summed E-state index contributed by atoms with van der Waals surface area (Å²) in [6, 6.07) is 11.4. The number of aromatic nitrogens is 3. The highest BCUT2D eigenvalue weighted by molar-refractivity contribution is 6.30. The third-order valence-corrected chi connectivity index (χ3v) is 4.86. The Morgan fingerprint density at radius 3 is 2.77 bits per heavy atom. The molecule has 1 atom stereocenters. The van der Waals surface area contributed by atoms with Gasteiger partial charge in [-0.2, -0.15) is 5.10 Å². The predicted octanol–water partition coefficient (Wildman–Crippen LogP) is 3.94. The van der Waals surface area contributed by atoms with E-state index in [1.54, 1.807) is 0 Å². The van der Waals surface area contributed by atoms with Gasteiger partial charge in [0.1, 0.15) is 5.82 Å². The van der Waals surface area contributed by atoms with Crippen molar-refractivity contribution in [1.82, 2.24) is 14.8 Å². The summed E-state index contributed by atoms with van der Waals surface area (Å²) < 4.78 is 1.52. The fourth-order valence-corrected chi connectivity index (χ4v) is 3.32. The Hall–Kier alpha value is -2.79. The highest BCUT2D eigenvalue weighted by Gasteiger charge is 2.21. The SMILES string of the molecule is Cc1cc(C2=Cc3cc[nH]c3NC2C)nn(Cc2ccc(Cl)cc2)c1=O. The van der Waals surface area contributed by atoms with Crippen LogP contribution in [0, 0.1) is 6.92 Å². The number of nitrogens with one attached hydrogen (secondary N) is 2. The summed E-state index contributed by atoms with van der Waals surface area (Å²) in [4.78, 5) is 15.7. The maximum atomic E-state index is 12.5. The van der Waals surface area contributed by atoms with Crippen molar-refractivity contribution in [2.24, 2.45) is 0 Å². The Labute approximate surface area is 156 Å². The molecule has 1 aliphatic heterocycles. The lowest BCUT2D eigenvalue weighted by Gasteiger charge is -2.23. The van der Waals surface area contributed by atoms with Gasteiger partial charge in [0.05, 0.1) is 18.3 Å². The van der Waals surface area contributed by atoms with E-state index in [0.29, 0.717) is 17.1 Å². The Morgan fingerprint density at radius 2 is 2.00 bits per heavy atom. The second kappa shape index (κ2) is 6.50. The average Bonchev–Trinajstić information content (AvgIpc) is 3.07. The molecule has 0 amide bonds. The zero-order valence-corrected chi connectivity index (χ0v) is 15.3. The Morgan fingerprint density at radius 1 is 1.23 bits per heavy atom. The maximum Gasteiger partial charge on any atom is 0.270 e. The molecule has 0 bridgehead atoms. The number of hydrogen-bond donors (Lipinski definition) is 2. The zero-order valence-electron chi connectivity index (χ0n) is 14.6. The van der Waals surface area contributed by atoms with Gasteiger partial charge in [-0.3, -0.25) is 4.79 Å². The van der Waals surface area contributed by atoms with Crippen LogP contribution in [0.15, 0.2) is 47.4 Å². The molecule has 0 saturated carbocycles. The van der Waals surface area contributed by atoms with Crippen LogP contribution in [0.2, 0.25) is 5.02 Å². The Bertz CT molecular complexity index is 1050. The van der Waals surface area contributed by atoms with Crippen LogP contribution in [0.25, 0.3) is 11.6 Å². The standard InChI is InChI=1S/C20H19ClN4O/c1-12-9-18(17-10-15-7-8-22-19(15)23-13(17)2)24-25(20(12)26)11-14-3-5-16(21)6-4-14/h3-10,13,22-23H,11H2,1-2H3. The molecule has 0 saturated heterocycles. The molecule has 1 aromatic carbocycles. The summed E-state index contributed by atoms with van der Waals surface area (Å²) in [5, 5.41) is 8.74. The number of hydrogen-bond acceptors (Lipinski definition) is 3. The monoisotopic (exact) mass is 366 g/mol. The average molecular weight is 367 g/mol. The van der Waals surface area contributed by atoms with E-state index in [4.69, 9.17) is 11.6 Å². The van der Waals surface area contributed by atoms with Crippen LogP contribution < -0.4 is 10.9 Å². The molecule has 26 heavy (non-hydrogen) atoms. The number of nitrogens with zero attached hydrogens (tertiary/aromatic N) is 2. The van der Waals surface area contributed by atoms with Crippen molar-refractivity contribution >= 4 is 29.1 Å². The summed E-state index contributed by atoms with van der Waals surface area (Å²) in [6.45, 7) is 4.32. The maximum absolute atomic E-state index is 12.5. The van der Waals surface area contributed by atoms with E-state index in [1.807, 2.05) is 49.5 Å². The minimum absolute atomic E-state index is 0.0805. The van der Waals surface area contributed by atoms with Gasteiger partial charge < -0.3 is 10.3 Å². The molecule has 2 N–H and O–H groups in total. The van der Waals surface area contributed by atoms with Crippen molar-refractivity contribution in [3.8, 4) is 0 Å². The van der Waals surface area contributed by atoms with Gasteiger partial charge >= 0.3 is 0 Å². The van der Waals surface area contributed by atoms with Crippen LogP contribution in [-0.2, 0) is 6.54 Å². The molecule has 0 fully saturated rings. The van der Waals surface area contributed by atoms with Crippen molar-refractivity contribution in [1.29, 1.82) is 0 Å². The minimum Gasteiger partial charge on any atom is -0.365 e. The molecule has 5 nitrogen and oxygen atoms in total. The van der Waals surface area contributed by atoms with Gasteiger partial charge in [-0.25, -0.2) is 4.68 Å². The van der Waals surface area contributed by atoms with Crippen LogP contribution in [0.1, 0.15) is 29.3 Å². The number of fused-ring (bicyclic) bond motifs is 1. The normalized spacial score (nSPS) is 16.0. The number of halogens is 1. The van der Waals surface area contributed by atoms with E-state index >= 15 is 0 Å². The highest BCUT2D eigenvalue weighted by Crippen LogP contribution is 2.30. The van der Waals surface area contributed by atoms with Crippen molar-refractivity contribution in [2.75, 3.05) is 5.32 Å². The molecule has 2 aromatic heterocycles. The van der Waals surface area contributed by atoms with Gasteiger partial charge in [0, 0.05) is 27.9 Å². The molecule has 0 spiro atoms. The van der Waals surface area contributed by atoms with E-state index in [9.17, 15) is 4.79 Å². The zero-order chi connectivity index (χ0) is 18.3. The molecule has 6 heteroatoms. The van der Waals surface area contributed by atoms with Gasteiger partial charge in [-0.15, -0.1) is 0 Å². The van der Waals surface area contributed by atoms with Crippen molar-refractivity contribution in [3.63, 3.8) is 0 Å². The second-order valence-electron chi connectivity index (χ2n) is 6.58. The topological polar surface area (TPSA) is 62.7 Å². The van der Waals surface area contributed by atoms with Gasteiger partial charge in [-0.1, -0.05) is 23.7 Å². The van der Waals surface area contributed by atoms with Gasteiger partial charge in [0.2, 0.25) is 0 Å². The molecule has 4 rings (SSSR count). The number of rotatable bonds is 3. The third-order valence-electron chi connectivity index (χ3n) is 4.61. The Kier molecular flexibility index (Phi) is 4.17. The first-order valence-corrected chi connectivity index (χ1v) is 8.88. The lowest BCUT2D eigenvalue weighted by molar-refractivity contribution is 0.628. The molecule has 0 radical (unpaired) electrons. The summed E-state index contributed by atoms with van der Waals surface area (Å²) in [6.07, 6.45) is 4.02. The first-order valence-electron chi connectivity index (χ1n) is 8.50. The minimum atomic E-state index is -0.0805. The second-order valence-corrected chi connectivity index (χ2v) is 7.01. The summed E-state index contributed by atoms with van der Waals surface area (Å²) >= 11 is 5.94. The molecule has 1 aliphatic rings. The third kappa shape index (κ3) is 3.06. The summed E-state index contributed by atoms with van der Waals surface area (Å²) in [5.74, 6) is 1.01. The van der Waals surface area contributed by atoms with Crippen molar-refractivity contribution in [2.45, 2.75) is 26.4 Å². The van der Waals surface area contributed by atoms with E-state index in [0.717, 1.165) is 28.2 Å². The fourth-order valence-electron chi connectivity index (χ4n) is 3.19. The van der Waals surface area contributed by atoms with Crippen LogP contribution in [0.3, 0.4) is 0 Å². The molecule has 132 valence electrons. The molecule has 3 aromatic rings. The quantitative estimate of drug-likeness (QED) is 0.738. The van der Waals surface area contributed by atoms with Gasteiger partial charge in [0.25, 0.3) is 5.56 Å². The molecule has 3 heterocycles. The lowest BCUT2D eigenvalue weighted by Crippen LogP contribution is -2.28. The highest BCUT2D eigenvalue weighted by atomic mass is 35.5. The number of aryl methyl sites for hydroxylation is 1. The molecular formula is C20H19ClN4O. The number of anilines is 1. The first-order chi connectivity index (χ1) is 12.5. The van der Waals surface area contributed by atoms with Crippen LogP contribution in [0.4, 0.5) is 5.82 Å². The van der Waals surface area contributed by atoms with Crippen LogP contribution >= 0.6 is 11.6 Å². The van der Waals surface area contributed by atoms with E-state index in [2.05, 4.69) is 28.4 Å². The van der Waals surface area contributed by atoms with Crippen LogP contribution in [0.5, 0.6) is 0 Å². The number of benzene rings is 1. The largest absolute Gasteiger partial charge is 0.365 e. The van der Waals surface area contributed by atoms with Crippen molar-refractivity contribution < 1.29 is 0 Å². The number of aromatic amines is 1.